The van der Waals surface area contributed by atoms with Gasteiger partial charge >= 0.3 is 0 Å². The molecule has 0 aliphatic rings. The van der Waals surface area contributed by atoms with Gasteiger partial charge in [-0.2, -0.15) is 0 Å². The van der Waals surface area contributed by atoms with E-state index in [1.807, 2.05) is 19.1 Å². The number of carbonyl (C=O) groups excluding carboxylic acids is 1. The second-order valence-electron chi connectivity index (χ2n) is 4.27. The van der Waals surface area contributed by atoms with Crippen LogP contribution < -0.4 is 11.1 Å². The number of nitrogens with two attached hydrogens (primary N) is 1. The number of nitrogens with zero attached hydrogens (tertiary/aromatic N) is 1. The summed E-state index contributed by atoms with van der Waals surface area (Å²) in [5.74, 6) is -0.147. The zero-order valence-electron chi connectivity index (χ0n) is 11.1. The Hall–Kier alpha value is -1.24. The van der Waals surface area contributed by atoms with Crippen LogP contribution in [0.25, 0.3) is 0 Å². The number of carbonyl (C=O) groups is 1. The lowest BCUT2D eigenvalue weighted by Crippen LogP contribution is -2.23. The second-order valence-corrected chi connectivity index (χ2v) is 6.89. The van der Waals surface area contributed by atoms with Crippen LogP contribution in [0.2, 0.25) is 5.02 Å². The maximum Gasteiger partial charge on any atom is 0.237 e. The maximum absolute atomic E-state index is 12.2. The summed E-state index contributed by atoms with van der Waals surface area (Å²) in [5, 5.41) is 3.78. The topological polar surface area (TPSA) is 68.0 Å². The summed E-state index contributed by atoms with van der Waals surface area (Å²) < 4.78 is 0.862. The van der Waals surface area contributed by atoms with E-state index in [9.17, 15) is 4.79 Å². The minimum Gasteiger partial charge on any atom is -0.397 e. The molecule has 1 heterocycles. The quantitative estimate of drug-likeness (QED) is 0.610. The number of pyridine rings is 1. The molecule has 1 atom stereocenters. The lowest BCUT2D eigenvalue weighted by molar-refractivity contribution is -0.115. The van der Waals surface area contributed by atoms with Gasteiger partial charge in [-0.05, 0) is 53.2 Å². The van der Waals surface area contributed by atoms with Crippen molar-refractivity contribution in [2.45, 2.75) is 17.2 Å². The summed E-state index contributed by atoms with van der Waals surface area (Å²) in [4.78, 5) is 16.4. The van der Waals surface area contributed by atoms with Gasteiger partial charge in [-0.15, -0.1) is 0 Å². The van der Waals surface area contributed by atoms with Gasteiger partial charge in [0.05, 0.1) is 16.6 Å². The molecular formula is C14H13BrClN3OS. The zero-order chi connectivity index (χ0) is 15.4. The highest BCUT2D eigenvalue weighted by Crippen LogP contribution is 2.29. The first-order chi connectivity index (χ1) is 9.97. The molecule has 0 radical (unpaired) electrons. The molecule has 7 heteroatoms. The van der Waals surface area contributed by atoms with Crippen LogP contribution in [0.1, 0.15) is 6.92 Å². The number of hydrogen-bond donors (Lipinski definition) is 2. The molecule has 0 fully saturated rings. The van der Waals surface area contributed by atoms with E-state index in [4.69, 9.17) is 17.3 Å². The van der Waals surface area contributed by atoms with Gasteiger partial charge in [-0.1, -0.05) is 23.4 Å². The average molecular weight is 387 g/mol. The van der Waals surface area contributed by atoms with Gasteiger partial charge in [-0.25, -0.2) is 4.98 Å². The molecule has 1 unspecified atom stereocenters. The number of anilines is 2. The van der Waals surface area contributed by atoms with Gasteiger partial charge in [-0.3, -0.25) is 4.79 Å². The number of halogens is 2. The highest BCUT2D eigenvalue weighted by Gasteiger charge is 2.17. The van der Waals surface area contributed by atoms with Crippen LogP contribution in [-0.4, -0.2) is 16.1 Å². The number of rotatable bonds is 4. The normalized spacial score (nSPS) is 12.0. The molecular weight excluding hydrogens is 374 g/mol. The molecule has 1 aromatic heterocycles. The SMILES string of the molecule is CC(Sc1ncccc1Br)C(=O)Nc1ccc(Cl)cc1N. The van der Waals surface area contributed by atoms with Gasteiger partial charge in [0.15, 0.2) is 0 Å². The number of thioether (sulfide) groups is 1. The molecule has 1 amide bonds. The molecule has 0 spiro atoms. The summed E-state index contributed by atoms with van der Waals surface area (Å²) in [6.45, 7) is 1.81. The minimum atomic E-state index is -0.314. The zero-order valence-corrected chi connectivity index (χ0v) is 14.3. The van der Waals surface area contributed by atoms with Crippen molar-refractivity contribution in [1.82, 2.24) is 4.98 Å². The largest absolute Gasteiger partial charge is 0.397 e. The van der Waals surface area contributed by atoms with Gasteiger partial charge in [0.1, 0.15) is 5.03 Å². The fraction of sp³-hybridized carbons (Fsp3) is 0.143. The molecule has 3 N–H and O–H groups in total. The molecule has 2 aromatic rings. The van der Waals surface area contributed by atoms with Crippen LogP contribution in [0, 0.1) is 0 Å². The Morgan fingerprint density at radius 3 is 2.90 bits per heavy atom. The van der Waals surface area contributed by atoms with Crippen LogP contribution in [0.4, 0.5) is 11.4 Å². The third-order valence-corrected chi connectivity index (χ3v) is 4.91. The molecule has 0 aliphatic carbocycles. The molecule has 0 saturated carbocycles. The first-order valence-electron chi connectivity index (χ1n) is 6.10. The summed E-state index contributed by atoms with van der Waals surface area (Å²) in [6.07, 6.45) is 1.69. The number of aromatic nitrogens is 1. The molecule has 0 saturated heterocycles. The van der Waals surface area contributed by atoms with Gasteiger partial charge < -0.3 is 11.1 Å². The average Bonchev–Trinajstić information content (AvgIpc) is 2.44. The van der Waals surface area contributed by atoms with Gasteiger partial charge in [0.25, 0.3) is 0 Å². The minimum absolute atomic E-state index is 0.147. The van der Waals surface area contributed by atoms with Crippen molar-refractivity contribution in [3.05, 3.63) is 46.0 Å². The van der Waals surface area contributed by atoms with Crippen molar-refractivity contribution >= 4 is 56.6 Å². The Balaban J connectivity index is 2.04. The standard InChI is InChI=1S/C14H13BrClN3OS/c1-8(21-14-10(15)3-2-6-18-14)13(20)19-12-5-4-9(16)7-11(12)17/h2-8H,17H2,1H3,(H,19,20). The van der Waals surface area contributed by atoms with Crippen molar-refractivity contribution in [1.29, 1.82) is 0 Å². The Labute approximate surface area is 140 Å². The lowest BCUT2D eigenvalue weighted by atomic mass is 10.2. The van der Waals surface area contributed by atoms with Gasteiger partial charge in [0, 0.05) is 15.7 Å². The highest BCUT2D eigenvalue weighted by molar-refractivity contribution is 9.10. The van der Waals surface area contributed by atoms with E-state index in [0.29, 0.717) is 16.4 Å². The van der Waals surface area contributed by atoms with Crippen LogP contribution in [0.5, 0.6) is 0 Å². The van der Waals surface area contributed by atoms with E-state index >= 15 is 0 Å². The fourth-order valence-electron chi connectivity index (χ4n) is 1.56. The molecule has 21 heavy (non-hydrogen) atoms. The number of amides is 1. The fourth-order valence-corrected chi connectivity index (χ4v) is 3.08. The molecule has 0 aliphatic heterocycles. The summed E-state index contributed by atoms with van der Waals surface area (Å²) in [6, 6.07) is 8.68. The lowest BCUT2D eigenvalue weighted by Gasteiger charge is -2.13. The molecule has 1 aromatic carbocycles. The summed E-state index contributed by atoms with van der Waals surface area (Å²) in [7, 11) is 0. The third-order valence-electron chi connectivity index (χ3n) is 2.65. The van der Waals surface area contributed by atoms with E-state index in [2.05, 4.69) is 26.2 Å². The number of hydrogen-bond acceptors (Lipinski definition) is 4. The van der Waals surface area contributed by atoms with E-state index in [-0.39, 0.29) is 11.2 Å². The van der Waals surface area contributed by atoms with E-state index < -0.39 is 0 Å². The highest BCUT2D eigenvalue weighted by atomic mass is 79.9. The van der Waals surface area contributed by atoms with Crippen LogP contribution in [0.15, 0.2) is 46.0 Å². The van der Waals surface area contributed by atoms with Crippen molar-refractivity contribution in [3.63, 3.8) is 0 Å². The van der Waals surface area contributed by atoms with E-state index in [1.165, 1.54) is 11.8 Å². The Morgan fingerprint density at radius 1 is 1.48 bits per heavy atom. The van der Waals surface area contributed by atoms with Gasteiger partial charge in [0.2, 0.25) is 5.91 Å². The monoisotopic (exact) mass is 385 g/mol. The predicted molar refractivity (Wildman–Crippen MR) is 91.8 cm³/mol. The predicted octanol–water partition coefficient (Wildman–Crippen LogP) is 4.20. The smallest absolute Gasteiger partial charge is 0.237 e. The summed E-state index contributed by atoms with van der Waals surface area (Å²) in [5.41, 5.74) is 6.81. The van der Waals surface area contributed by atoms with Crippen LogP contribution in [-0.2, 0) is 4.79 Å². The molecule has 2 rings (SSSR count). The molecule has 4 nitrogen and oxygen atoms in total. The maximum atomic E-state index is 12.2. The summed E-state index contributed by atoms with van der Waals surface area (Å²) >= 11 is 10.6. The van der Waals surface area contributed by atoms with Crippen molar-refractivity contribution in [3.8, 4) is 0 Å². The van der Waals surface area contributed by atoms with E-state index in [0.717, 1.165) is 9.50 Å². The van der Waals surface area contributed by atoms with Crippen LogP contribution >= 0.6 is 39.3 Å². The first kappa shape index (κ1) is 16.1. The Bertz CT molecular complexity index is 668. The number of benzene rings is 1. The second kappa shape index (κ2) is 7.15. The van der Waals surface area contributed by atoms with Crippen LogP contribution in [0.3, 0.4) is 0 Å². The number of nitrogens with one attached hydrogen (secondary N) is 1. The molecule has 0 bridgehead atoms. The Morgan fingerprint density at radius 2 is 2.24 bits per heavy atom. The van der Waals surface area contributed by atoms with Crippen molar-refractivity contribution in [2.75, 3.05) is 11.1 Å². The molecule has 110 valence electrons. The Kier molecular flexibility index (Phi) is 5.50. The van der Waals surface area contributed by atoms with E-state index in [1.54, 1.807) is 24.4 Å². The van der Waals surface area contributed by atoms with Crippen molar-refractivity contribution in [2.24, 2.45) is 0 Å². The first-order valence-corrected chi connectivity index (χ1v) is 8.15. The number of nitrogen functional groups attached to an aromatic ring is 1. The van der Waals surface area contributed by atoms with Crippen molar-refractivity contribution < 1.29 is 4.79 Å². The third kappa shape index (κ3) is 4.36.